The van der Waals surface area contributed by atoms with Crippen molar-refractivity contribution in [1.29, 1.82) is 0 Å². The number of carbonyl (C=O) groups excluding carboxylic acids is 1. The molecule has 3 aliphatic rings. The molecule has 6 heteroatoms. The van der Waals surface area contributed by atoms with Crippen LogP contribution in [0.5, 0.6) is 5.75 Å². The normalized spacial score (nSPS) is 24.4. The first-order valence-electron chi connectivity index (χ1n) is 12.6. The fourth-order valence-electron chi connectivity index (χ4n) is 5.70. The van der Waals surface area contributed by atoms with Gasteiger partial charge in [0.1, 0.15) is 17.2 Å². The minimum absolute atomic E-state index is 0.248. The first kappa shape index (κ1) is 23.2. The van der Waals surface area contributed by atoms with E-state index in [0.29, 0.717) is 25.6 Å². The van der Waals surface area contributed by atoms with E-state index >= 15 is 0 Å². The summed E-state index contributed by atoms with van der Waals surface area (Å²) in [6.45, 7) is 7.31. The molecule has 1 atom stereocenters. The molecule has 1 spiro atoms. The lowest BCUT2D eigenvalue weighted by molar-refractivity contribution is -0.0584. The molecule has 2 aliphatic heterocycles. The van der Waals surface area contributed by atoms with Gasteiger partial charge in [0.15, 0.2) is 0 Å². The van der Waals surface area contributed by atoms with Crippen LogP contribution in [0.1, 0.15) is 57.1 Å². The number of hydrogen-bond acceptors (Lipinski definition) is 4. The van der Waals surface area contributed by atoms with E-state index in [0.717, 1.165) is 49.2 Å². The number of ether oxygens (including phenoxy) is 2. The molecule has 182 valence electrons. The van der Waals surface area contributed by atoms with E-state index in [-0.39, 0.29) is 11.9 Å². The largest absolute Gasteiger partial charge is 0.494 e. The molecule has 3 fully saturated rings. The van der Waals surface area contributed by atoms with Crippen molar-refractivity contribution in [1.82, 2.24) is 9.80 Å². The van der Waals surface area contributed by atoms with Crippen LogP contribution in [0.3, 0.4) is 0 Å². The fraction of sp³-hybridized carbons (Fsp3) is 0.536. The van der Waals surface area contributed by atoms with Gasteiger partial charge in [-0.05, 0) is 68.0 Å². The molecule has 2 aromatic rings. The summed E-state index contributed by atoms with van der Waals surface area (Å²) >= 11 is 0. The van der Waals surface area contributed by atoms with Crippen LogP contribution >= 0.6 is 0 Å². The van der Waals surface area contributed by atoms with E-state index in [9.17, 15) is 9.18 Å². The van der Waals surface area contributed by atoms with Gasteiger partial charge in [-0.3, -0.25) is 4.90 Å². The number of amides is 1. The molecule has 1 amide bonds. The van der Waals surface area contributed by atoms with Crippen LogP contribution in [0.4, 0.5) is 9.18 Å². The number of benzene rings is 2. The highest BCUT2D eigenvalue weighted by atomic mass is 19.1. The van der Waals surface area contributed by atoms with Gasteiger partial charge >= 0.3 is 6.09 Å². The molecule has 0 radical (unpaired) electrons. The summed E-state index contributed by atoms with van der Waals surface area (Å²) in [5.74, 6) is 0.593. The Morgan fingerprint density at radius 2 is 1.68 bits per heavy atom. The highest BCUT2D eigenvalue weighted by Gasteiger charge is 2.63. The molecule has 0 aromatic heterocycles. The monoisotopic (exact) mass is 466 g/mol. The van der Waals surface area contributed by atoms with Crippen molar-refractivity contribution >= 4 is 6.09 Å². The van der Waals surface area contributed by atoms with Gasteiger partial charge in [0.25, 0.3) is 0 Å². The molecule has 1 aliphatic carbocycles. The molecule has 5 nitrogen and oxygen atoms in total. The molecule has 5 rings (SSSR count). The van der Waals surface area contributed by atoms with Crippen LogP contribution in [0.25, 0.3) is 0 Å². The quantitative estimate of drug-likeness (QED) is 0.510. The van der Waals surface area contributed by atoms with Crippen molar-refractivity contribution in [3.05, 3.63) is 65.5 Å². The lowest BCUT2D eigenvalue weighted by Gasteiger charge is -2.48. The Kier molecular flexibility index (Phi) is 6.28. The van der Waals surface area contributed by atoms with Crippen molar-refractivity contribution in [3.8, 4) is 5.75 Å². The molecular weight excluding hydrogens is 431 g/mol. The summed E-state index contributed by atoms with van der Waals surface area (Å²) in [5, 5.41) is 0. The minimum Gasteiger partial charge on any atom is -0.494 e. The third-order valence-electron chi connectivity index (χ3n) is 7.95. The van der Waals surface area contributed by atoms with E-state index in [1.807, 2.05) is 41.3 Å². The maximum atomic E-state index is 13.6. The SMILES string of the molecule is CCCOc1ccc(CN2C(=O)OC3(CCN(C4CC4)CC3)C2(C)Cc2ccc(F)cc2)cc1. The lowest BCUT2D eigenvalue weighted by Crippen LogP contribution is -2.61. The molecule has 1 saturated carbocycles. The van der Waals surface area contributed by atoms with Crippen LogP contribution in [0.15, 0.2) is 48.5 Å². The average Bonchev–Trinajstić information content (AvgIpc) is 3.66. The molecule has 0 N–H and O–H groups in total. The molecule has 2 heterocycles. The maximum absolute atomic E-state index is 13.6. The summed E-state index contributed by atoms with van der Waals surface area (Å²) in [6, 6.07) is 15.3. The predicted molar refractivity (Wildman–Crippen MR) is 129 cm³/mol. The second-order valence-electron chi connectivity index (χ2n) is 10.3. The second kappa shape index (κ2) is 9.21. The van der Waals surface area contributed by atoms with Gasteiger partial charge in [-0.1, -0.05) is 31.2 Å². The zero-order valence-electron chi connectivity index (χ0n) is 20.3. The smallest absolute Gasteiger partial charge is 0.411 e. The van der Waals surface area contributed by atoms with Crippen molar-refractivity contribution in [2.45, 2.75) is 76.1 Å². The Morgan fingerprint density at radius 3 is 2.29 bits per heavy atom. The number of nitrogens with zero attached hydrogens (tertiary/aromatic N) is 2. The Morgan fingerprint density at radius 1 is 1.03 bits per heavy atom. The zero-order chi connectivity index (χ0) is 23.8. The molecule has 1 unspecified atom stereocenters. The topological polar surface area (TPSA) is 42.0 Å². The second-order valence-corrected chi connectivity index (χ2v) is 10.3. The Labute approximate surface area is 201 Å². The van der Waals surface area contributed by atoms with Crippen LogP contribution in [-0.4, -0.2) is 52.8 Å². The van der Waals surface area contributed by atoms with Crippen molar-refractivity contribution < 1.29 is 18.7 Å². The van der Waals surface area contributed by atoms with Gasteiger partial charge in [0.05, 0.1) is 12.1 Å². The summed E-state index contributed by atoms with van der Waals surface area (Å²) in [7, 11) is 0. The molecule has 2 saturated heterocycles. The third kappa shape index (κ3) is 4.40. The number of hydrogen-bond donors (Lipinski definition) is 0. The van der Waals surface area contributed by atoms with Crippen LogP contribution in [-0.2, 0) is 17.7 Å². The molecule has 34 heavy (non-hydrogen) atoms. The van der Waals surface area contributed by atoms with E-state index in [1.165, 1.54) is 25.0 Å². The average molecular weight is 467 g/mol. The zero-order valence-corrected chi connectivity index (χ0v) is 20.3. The molecule has 2 aromatic carbocycles. The Hall–Kier alpha value is -2.60. The highest BCUT2D eigenvalue weighted by Crippen LogP contribution is 2.49. The van der Waals surface area contributed by atoms with Gasteiger partial charge < -0.3 is 14.4 Å². The van der Waals surface area contributed by atoms with E-state index in [4.69, 9.17) is 9.47 Å². The Bertz CT molecular complexity index is 997. The van der Waals surface area contributed by atoms with Gasteiger partial charge in [0.2, 0.25) is 0 Å². The van der Waals surface area contributed by atoms with E-state index in [2.05, 4.69) is 18.7 Å². The highest BCUT2D eigenvalue weighted by molar-refractivity contribution is 5.73. The van der Waals surface area contributed by atoms with Gasteiger partial charge in [-0.15, -0.1) is 0 Å². The summed E-state index contributed by atoms with van der Waals surface area (Å²) in [4.78, 5) is 17.8. The molecular formula is C28H35FN2O3. The van der Waals surface area contributed by atoms with Crippen LogP contribution < -0.4 is 4.74 Å². The van der Waals surface area contributed by atoms with Crippen LogP contribution in [0.2, 0.25) is 0 Å². The Balaban J connectivity index is 1.41. The first-order chi connectivity index (χ1) is 16.4. The van der Waals surface area contributed by atoms with Crippen molar-refractivity contribution in [2.24, 2.45) is 0 Å². The van der Waals surface area contributed by atoms with E-state index < -0.39 is 11.1 Å². The number of piperidine rings is 1. The lowest BCUT2D eigenvalue weighted by atomic mass is 9.71. The van der Waals surface area contributed by atoms with Crippen molar-refractivity contribution in [3.63, 3.8) is 0 Å². The number of carbonyl (C=O) groups is 1. The molecule has 0 bridgehead atoms. The van der Waals surface area contributed by atoms with Gasteiger partial charge in [-0.2, -0.15) is 0 Å². The van der Waals surface area contributed by atoms with Gasteiger partial charge in [-0.25, -0.2) is 9.18 Å². The maximum Gasteiger partial charge on any atom is 0.411 e. The van der Waals surface area contributed by atoms with Crippen LogP contribution in [0, 0.1) is 5.82 Å². The summed E-state index contributed by atoms with van der Waals surface area (Å²) < 4.78 is 25.6. The number of halogens is 1. The van der Waals surface area contributed by atoms with Gasteiger partial charge in [0, 0.05) is 38.5 Å². The van der Waals surface area contributed by atoms with E-state index in [1.54, 1.807) is 0 Å². The number of rotatable bonds is 8. The fourth-order valence-corrected chi connectivity index (χ4v) is 5.70. The van der Waals surface area contributed by atoms with Crippen molar-refractivity contribution in [2.75, 3.05) is 19.7 Å². The number of likely N-dealkylation sites (tertiary alicyclic amines) is 1. The summed E-state index contributed by atoms with van der Waals surface area (Å²) in [5.41, 5.74) is 0.973. The standard InChI is InChI=1S/C28H35FN2O3/c1-3-18-33-25-12-6-22(7-13-25)20-31-26(32)34-28(14-16-30(17-15-28)24-10-11-24)27(31,2)19-21-4-8-23(29)9-5-21/h4-9,12-13,24H,3,10-11,14-20H2,1-2H3. The summed E-state index contributed by atoms with van der Waals surface area (Å²) in [6.07, 6.45) is 5.55. The minimum atomic E-state index is -0.548. The predicted octanol–water partition coefficient (Wildman–Crippen LogP) is 5.57. The third-order valence-corrected chi connectivity index (χ3v) is 7.95. The first-order valence-corrected chi connectivity index (χ1v) is 12.6.